The number of carbonyl (C=O) groups excluding carboxylic acids is 1. The quantitative estimate of drug-likeness (QED) is 0.681. The summed E-state index contributed by atoms with van der Waals surface area (Å²) in [6.07, 6.45) is 1.60. The molecule has 0 saturated carbocycles. The molecule has 1 aromatic rings. The molecule has 16 heavy (non-hydrogen) atoms. The van der Waals surface area contributed by atoms with E-state index in [0.29, 0.717) is 0 Å². The number of nitrogens with one attached hydrogen (secondary N) is 1. The molecule has 1 aromatic carbocycles. The number of carbonyl (C=O) groups is 1. The molecule has 0 atom stereocenters. The second-order valence-electron chi connectivity index (χ2n) is 3.53. The van der Waals surface area contributed by atoms with E-state index in [1.807, 2.05) is 37.2 Å². The van der Waals surface area contributed by atoms with E-state index in [1.54, 1.807) is 6.21 Å². The fourth-order valence-electron chi connectivity index (χ4n) is 1.16. The van der Waals surface area contributed by atoms with Crippen molar-refractivity contribution in [2.24, 2.45) is 5.10 Å². The minimum absolute atomic E-state index is 0.180. The van der Waals surface area contributed by atoms with Gasteiger partial charge in [0.05, 0.1) is 11.9 Å². The Hall–Kier alpha value is -1.36. The number of halogens is 1. The Kier molecular flexibility index (Phi) is 4.49. The molecule has 0 aliphatic rings. The maximum atomic E-state index is 10.6. The van der Waals surface area contributed by atoms with E-state index in [9.17, 15) is 4.79 Å². The first-order valence-electron chi connectivity index (χ1n) is 4.77. The number of hydrazone groups is 1. The maximum Gasteiger partial charge on any atom is 0.236 e. The first kappa shape index (κ1) is 12.7. The highest BCUT2D eigenvalue weighted by molar-refractivity contribution is 9.10. The van der Waals surface area contributed by atoms with Crippen LogP contribution in [-0.2, 0) is 4.79 Å². The molecule has 0 fully saturated rings. The van der Waals surface area contributed by atoms with Gasteiger partial charge in [-0.15, -0.1) is 0 Å². The number of hydrogen-bond acceptors (Lipinski definition) is 3. The van der Waals surface area contributed by atoms with Crippen molar-refractivity contribution in [1.82, 2.24) is 5.43 Å². The van der Waals surface area contributed by atoms with Crippen LogP contribution in [0.5, 0.6) is 0 Å². The Morgan fingerprint density at radius 2 is 2.19 bits per heavy atom. The van der Waals surface area contributed by atoms with Gasteiger partial charge in [0.25, 0.3) is 0 Å². The normalized spacial score (nSPS) is 10.5. The molecule has 0 bridgehead atoms. The summed E-state index contributed by atoms with van der Waals surface area (Å²) in [5.41, 5.74) is 4.37. The van der Waals surface area contributed by atoms with E-state index in [4.69, 9.17) is 0 Å². The van der Waals surface area contributed by atoms with Gasteiger partial charge in [-0.1, -0.05) is 6.07 Å². The van der Waals surface area contributed by atoms with Crippen molar-refractivity contribution in [3.8, 4) is 0 Å². The van der Waals surface area contributed by atoms with Crippen LogP contribution in [0.3, 0.4) is 0 Å². The van der Waals surface area contributed by atoms with Gasteiger partial charge in [0.15, 0.2) is 0 Å². The summed E-state index contributed by atoms with van der Waals surface area (Å²) >= 11 is 3.48. The molecule has 86 valence electrons. The number of hydrogen-bond donors (Lipinski definition) is 1. The monoisotopic (exact) mass is 283 g/mol. The Balaban J connectivity index is 2.81. The molecular formula is C11H14BrN3O. The molecule has 0 aromatic heterocycles. The van der Waals surface area contributed by atoms with Gasteiger partial charge in [0.2, 0.25) is 5.91 Å². The third-order valence-corrected chi connectivity index (χ3v) is 2.52. The molecular weight excluding hydrogens is 270 g/mol. The summed E-state index contributed by atoms with van der Waals surface area (Å²) in [6.45, 7) is 1.42. The molecule has 0 saturated heterocycles. The third kappa shape index (κ3) is 3.66. The molecule has 0 heterocycles. The average molecular weight is 284 g/mol. The van der Waals surface area contributed by atoms with E-state index < -0.39 is 0 Å². The van der Waals surface area contributed by atoms with Gasteiger partial charge in [0.1, 0.15) is 0 Å². The second-order valence-corrected chi connectivity index (χ2v) is 4.39. The number of anilines is 1. The smallest absolute Gasteiger partial charge is 0.236 e. The fraction of sp³-hybridized carbons (Fsp3) is 0.273. The summed E-state index contributed by atoms with van der Waals surface area (Å²) in [4.78, 5) is 12.6. The van der Waals surface area contributed by atoms with Crippen LogP contribution in [0.25, 0.3) is 0 Å². The first-order valence-corrected chi connectivity index (χ1v) is 5.56. The van der Waals surface area contributed by atoms with E-state index in [1.165, 1.54) is 6.92 Å². The number of nitrogens with zero attached hydrogens (tertiary/aromatic N) is 2. The summed E-state index contributed by atoms with van der Waals surface area (Å²) in [6, 6.07) is 5.87. The lowest BCUT2D eigenvalue weighted by Crippen LogP contribution is -2.12. The average Bonchev–Trinajstić information content (AvgIpc) is 2.16. The SMILES string of the molecule is CC(=O)N/N=C\c1ccc(N(C)C)c(Br)c1. The van der Waals surface area contributed by atoms with Crippen LogP contribution in [-0.4, -0.2) is 26.2 Å². The molecule has 0 aliphatic heterocycles. The van der Waals surface area contributed by atoms with Crippen molar-refractivity contribution >= 4 is 33.7 Å². The van der Waals surface area contributed by atoms with Crippen LogP contribution in [0, 0.1) is 0 Å². The first-order chi connectivity index (χ1) is 7.50. The number of benzene rings is 1. The summed E-state index contributed by atoms with van der Waals surface area (Å²) < 4.78 is 0.990. The van der Waals surface area contributed by atoms with Crippen molar-refractivity contribution in [1.29, 1.82) is 0 Å². The molecule has 0 radical (unpaired) electrons. The highest BCUT2D eigenvalue weighted by atomic mass is 79.9. The van der Waals surface area contributed by atoms with Gasteiger partial charge in [-0.05, 0) is 33.6 Å². The number of rotatable bonds is 3. The molecule has 1 amide bonds. The van der Waals surface area contributed by atoms with E-state index in [0.717, 1.165) is 15.7 Å². The van der Waals surface area contributed by atoms with Crippen molar-refractivity contribution in [3.63, 3.8) is 0 Å². The lowest BCUT2D eigenvalue weighted by atomic mass is 10.2. The molecule has 1 rings (SSSR count). The Bertz CT molecular complexity index is 416. The topological polar surface area (TPSA) is 44.7 Å². The van der Waals surface area contributed by atoms with Gasteiger partial charge in [-0.3, -0.25) is 4.79 Å². The summed E-state index contributed by atoms with van der Waals surface area (Å²) in [5.74, 6) is -0.180. The second kappa shape index (κ2) is 5.65. The van der Waals surface area contributed by atoms with Crippen molar-refractivity contribution in [2.75, 3.05) is 19.0 Å². The lowest BCUT2D eigenvalue weighted by Gasteiger charge is -2.14. The molecule has 0 unspecified atom stereocenters. The Morgan fingerprint density at radius 3 is 2.69 bits per heavy atom. The van der Waals surface area contributed by atoms with E-state index >= 15 is 0 Å². The van der Waals surface area contributed by atoms with E-state index in [2.05, 4.69) is 26.5 Å². The maximum absolute atomic E-state index is 10.6. The lowest BCUT2D eigenvalue weighted by molar-refractivity contribution is -0.118. The van der Waals surface area contributed by atoms with Crippen LogP contribution in [0.15, 0.2) is 27.8 Å². The van der Waals surface area contributed by atoms with Gasteiger partial charge in [-0.2, -0.15) is 5.10 Å². The molecule has 4 nitrogen and oxygen atoms in total. The van der Waals surface area contributed by atoms with E-state index in [-0.39, 0.29) is 5.91 Å². The van der Waals surface area contributed by atoms with Gasteiger partial charge in [-0.25, -0.2) is 5.43 Å². The Morgan fingerprint density at radius 1 is 1.50 bits per heavy atom. The third-order valence-electron chi connectivity index (χ3n) is 1.89. The van der Waals surface area contributed by atoms with Crippen LogP contribution >= 0.6 is 15.9 Å². The highest BCUT2D eigenvalue weighted by Gasteiger charge is 2.01. The number of amides is 1. The van der Waals surface area contributed by atoms with Crippen LogP contribution in [0.1, 0.15) is 12.5 Å². The summed E-state index contributed by atoms with van der Waals surface area (Å²) in [7, 11) is 3.95. The highest BCUT2D eigenvalue weighted by Crippen LogP contribution is 2.25. The van der Waals surface area contributed by atoms with Crippen LogP contribution in [0.2, 0.25) is 0 Å². The van der Waals surface area contributed by atoms with Gasteiger partial charge >= 0.3 is 0 Å². The zero-order valence-corrected chi connectivity index (χ0v) is 11.1. The molecule has 0 spiro atoms. The minimum atomic E-state index is -0.180. The van der Waals surface area contributed by atoms with Crippen molar-refractivity contribution in [3.05, 3.63) is 28.2 Å². The minimum Gasteiger partial charge on any atom is -0.377 e. The fourth-order valence-corrected chi connectivity index (χ4v) is 1.91. The zero-order valence-electron chi connectivity index (χ0n) is 9.49. The predicted molar refractivity (Wildman–Crippen MR) is 69.9 cm³/mol. The standard InChI is InChI=1S/C11H14BrN3O/c1-8(16)14-13-7-9-4-5-11(15(2)3)10(12)6-9/h4-7H,1-3H3,(H,14,16)/b13-7-. The Labute approximate surface area is 103 Å². The summed E-state index contributed by atoms with van der Waals surface area (Å²) in [5, 5.41) is 3.80. The van der Waals surface area contributed by atoms with Gasteiger partial charge < -0.3 is 4.90 Å². The molecule has 0 aliphatic carbocycles. The van der Waals surface area contributed by atoms with Crippen molar-refractivity contribution < 1.29 is 4.79 Å². The van der Waals surface area contributed by atoms with Gasteiger partial charge in [0, 0.05) is 25.5 Å². The molecule has 5 heteroatoms. The van der Waals surface area contributed by atoms with Crippen molar-refractivity contribution in [2.45, 2.75) is 6.92 Å². The van der Waals surface area contributed by atoms with Crippen LogP contribution < -0.4 is 10.3 Å². The molecule has 1 N–H and O–H groups in total. The zero-order chi connectivity index (χ0) is 12.1. The predicted octanol–water partition coefficient (Wildman–Crippen LogP) is 1.99. The largest absolute Gasteiger partial charge is 0.377 e. The van der Waals surface area contributed by atoms with Crippen LogP contribution in [0.4, 0.5) is 5.69 Å².